The molecule has 2 N–H and O–H groups in total. The number of amides is 1. The molecule has 0 aliphatic heterocycles. The SMILES string of the molecule is CN(C)S(=O)(=O)c1ccc(C(=O)Nc2ccc(NC3CC3)nn2)cc1. The highest BCUT2D eigenvalue weighted by Gasteiger charge is 2.21. The molecule has 3 rings (SSSR count). The van der Waals surface area contributed by atoms with Gasteiger partial charge in [-0.3, -0.25) is 4.79 Å². The van der Waals surface area contributed by atoms with E-state index < -0.39 is 10.0 Å². The number of benzene rings is 1. The van der Waals surface area contributed by atoms with Crippen molar-refractivity contribution < 1.29 is 13.2 Å². The lowest BCUT2D eigenvalue weighted by Gasteiger charge is -2.11. The summed E-state index contributed by atoms with van der Waals surface area (Å²) < 4.78 is 25.2. The smallest absolute Gasteiger partial charge is 0.256 e. The van der Waals surface area contributed by atoms with Crippen LogP contribution in [-0.4, -0.2) is 49.0 Å². The molecule has 1 aromatic carbocycles. The molecule has 1 aliphatic carbocycles. The van der Waals surface area contributed by atoms with Gasteiger partial charge in [-0.2, -0.15) is 0 Å². The highest BCUT2D eigenvalue weighted by molar-refractivity contribution is 7.89. The van der Waals surface area contributed by atoms with Crippen LogP contribution in [0.1, 0.15) is 23.2 Å². The minimum Gasteiger partial charge on any atom is -0.366 e. The fourth-order valence-electron chi connectivity index (χ4n) is 2.09. The van der Waals surface area contributed by atoms with Crippen molar-refractivity contribution in [3.63, 3.8) is 0 Å². The molecule has 9 heteroatoms. The van der Waals surface area contributed by atoms with Gasteiger partial charge < -0.3 is 10.6 Å². The minimum absolute atomic E-state index is 0.129. The van der Waals surface area contributed by atoms with E-state index in [1.807, 2.05) is 0 Å². The zero-order valence-corrected chi connectivity index (χ0v) is 14.7. The van der Waals surface area contributed by atoms with E-state index in [1.54, 1.807) is 12.1 Å². The molecule has 0 saturated heterocycles. The molecule has 0 spiro atoms. The Hall–Kier alpha value is -2.52. The quantitative estimate of drug-likeness (QED) is 0.809. The molecule has 0 unspecified atom stereocenters. The largest absolute Gasteiger partial charge is 0.366 e. The van der Waals surface area contributed by atoms with E-state index in [-0.39, 0.29) is 10.8 Å². The first-order valence-corrected chi connectivity index (χ1v) is 9.24. The first-order valence-electron chi connectivity index (χ1n) is 7.80. The number of hydrogen-bond acceptors (Lipinski definition) is 6. The van der Waals surface area contributed by atoms with Gasteiger partial charge >= 0.3 is 0 Å². The number of carbonyl (C=O) groups is 1. The zero-order valence-electron chi connectivity index (χ0n) is 13.9. The van der Waals surface area contributed by atoms with Crippen LogP contribution in [0.4, 0.5) is 11.6 Å². The highest BCUT2D eigenvalue weighted by atomic mass is 32.2. The number of sulfonamides is 1. The Kier molecular flexibility index (Phi) is 4.69. The third kappa shape index (κ3) is 4.12. The predicted molar refractivity (Wildman–Crippen MR) is 93.9 cm³/mol. The molecule has 2 aromatic rings. The second-order valence-corrected chi connectivity index (χ2v) is 8.14. The molecule has 0 radical (unpaired) electrons. The van der Waals surface area contributed by atoms with Gasteiger partial charge in [0, 0.05) is 25.7 Å². The van der Waals surface area contributed by atoms with Gasteiger partial charge in [0.05, 0.1) is 4.90 Å². The van der Waals surface area contributed by atoms with Crippen molar-refractivity contribution in [3.05, 3.63) is 42.0 Å². The Morgan fingerprint density at radius 2 is 1.64 bits per heavy atom. The number of nitrogens with one attached hydrogen (secondary N) is 2. The summed E-state index contributed by atoms with van der Waals surface area (Å²) >= 11 is 0. The van der Waals surface area contributed by atoms with E-state index >= 15 is 0 Å². The third-order valence-corrected chi connectivity index (χ3v) is 5.56. The van der Waals surface area contributed by atoms with Gasteiger partial charge in [-0.25, -0.2) is 12.7 Å². The maximum Gasteiger partial charge on any atom is 0.256 e. The van der Waals surface area contributed by atoms with Crippen molar-refractivity contribution in [1.29, 1.82) is 0 Å². The van der Waals surface area contributed by atoms with Crippen LogP contribution in [0, 0.1) is 0 Å². The average Bonchev–Trinajstić information content (AvgIpc) is 3.40. The molecular formula is C16H19N5O3S. The second kappa shape index (κ2) is 6.77. The van der Waals surface area contributed by atoms with Crippen LogP contribution in [0.5, 0.6) is 0 Å². The van der Waals surface area contributed by atoms with Crippen LogP contribution >= 0.6 is 0 Å². The zero-order chi connectivity index (χ0) is 18.0. The van der Waals surface area contributed by atoms with Crippen molar-refractivity contribution in [1.82, 2.24) is 14.5 Å². The van der Waals surface area contributed by atoms with Gasteiger partial charge in [0.25, 0.3) is 5.91 Å². The standard InChI is InChI=1S/C16H19N5O3S/c1-21(2)25(23,24)13-7-3-11(4-8-13)16(22)18-15-10-9-14(19-20-15)17-12-5-6-12/h3-4,7-10,12H,5-6H2,1-2H3,(H,17,19)(H,18,20,22). The molecule has 1 amide bonds. The molecule has 8 nitrogen and oxygen atoms in total. The van der Waals surface area contributed by atoms with Crippen LogP contribution in [0.15, 0.2) is 41.3 Å². The van der Waals surface area contributed by atoms with Gasteiger partial charge in [-0.05, 0) is 49.2 Å². The summed E-state index contributed by atoms with van der Waals surface area (Å²) in [5, 5.41) is 13.8. The number of aromatic nitrogens is 2. The molecule has 0 atom stereocenters. The summed E-state index contributed by atoms with van der Waals surface area (Å²) in [4.78, 5) is 12.4. The van der Waals surface area contributed by atoms with Crippen molar-refractivity contribution in [2.45, 2.75) is 23.8 Å². The van der Waals surface area contributed by atoms with E-state index in [0.29, 0.717) is 23.2 Å². The topological polar surface area (TPSA) is 104 Å². The monoisotopic (exact) mass is 361 g/mol. The van der Waals surface area contributed by atoms with Gasteiger partial charge in [-0.1, -0.05) is 0 Å². The Labute approximate surface area is 146 Å². The number of anilines is 2. The lowest BCUT2D eigenvalue weighted by atomic mass is 10.2. The van der Waals surface area contributed by atoms with E-state index in [9.17, 15) is 13.2 Å². The van der Waals surface area contributed by atoms with E-state index in [2.05, 4.69) is 20.8 Å². The third-order valence-electron chi connectivity index (χ3n) is 3.73. The summed E-state index contributed by atoms with van der Waals surface area (Å²) in [7, 11) is -0.606. The molecule has 1 saturated carbocycles. The maximum absolute atomic E-state index is 12.2. The molecule has 1 heterocycles. The summed E-state index contributed by atoms with van der Waals surface area (Å²) in [6.07, 6.45) is 2.28. The van der Waals surface area contributed by atoms with Crippen molar-refractivity contribution in [3.8, 4) is 0 Å². The number of rotatable bonds is 6. The van der Waals surface area contributed by atoms with Crippen LogP contribution < -0.4 is 10.6 Å². The summed E-state index contributed by atoms with van der Waals surface area (Å²) in [6, 6.07) is 9.63. The molecular weight excluding hydrogens is 342 g/mol. The van der Waals surface area contributed by atoms with Gasteiger partial charge in [0.1, 0.15) is 5.82 Å². The Balaban J connectivity index is 1.66. The van der Waals surface area contributed by atoms with E-state index in [1.165, 1.54) is 38.4 Å². The molecule has 25 heavy (non-hydrogen) atoms. The lowest BCUT2D eigenvalue weighted by Crippen LogP contribution is -2.22. The van der Waals surface area contributed by atoms with Crippen molar-refractivity contribution in [2.75, 3.05) is 24.7 Å². The second-order valence-electron chi connectivity index (χ2n) is 5.99. The minimum atomic E-state index is -3.52. The normalized spacial score (nSPS) is 14.4. The Morgan fingerprint density at radius 1 is 1.04 bits per heavy atom. The fraction of sp³-hybridized carbons (Fsp3) is 0.312. The molecule has 0 bridgehead atoms. The maximum atomic E-state index is 12.2. The van der Waals surface area contributed by atoms with Crippen molar-refractivity contribution >= 4 is 27.6 Å². The van der Waals surface area contributed by atoms with Crippen LogP contribution in [0.3, 0.4) is 0 Å². The van der Waals surface area contributed by atoms with Gasteiger partial charge in [0.2, 0.25) is 10.0 Å². The lowest BCUT2D eigenvalue weighted by molar-refractivity contribution is 0.102. The van der Waals surface area contributed by atoms with Crippen LogP contribution in [0.25, 0.3) is 0 Å². The van der Waals surface area contributed by atoms with Gasteiger partial charge in [0.15, 0.2) is 5.82 Å². The predicted octanol–water partition coefficient (Wildman–Crippen LogP) is 1.55. The fourth-order valence-corrected chi connectivity index (χ4v) is 2.99. The number of carbonyl (C=O) groups excluding carboxylic acids is 1. The van der Waals surface area contributed by atoms with Crippen LogP contribution in [-0.2, 0) is 10.0 Å². The number of hydrogen-bond donors (Lipinski definition) is 2. The molecule has 1 fully saturated rings. The Morgan fingerprint density at radius 3 is 2.16 bits per heavy atom. The van der Waals surface area contributed by atoms with E-state index in [4.69, 9.17) is 0 Å². The van der Waals surface area contributed by atoms with Gasteiger partial charge in [-0.15, -0.1) is 10.2 Å². The summed E-state index contributed by atoms with van der Waals surface area (Å²) in [5.74, 6) is 0.626. The van der Waals surface area contributed by atoms with E-state index in [0.717, 1.165) is 17.1 Å². The molecule has 1 aromatic heterocycles. The summed E-state index contributed by atoms with van der Waals surface area (Å²) in [5.41, 5.74) is 0.333. The summed E-state index contributed by atoms with van der Waals surface area (Å²) in [6.45, 7) is 0. The highest BCUT2D eigenvalue weighted by Crippen LogP contribution is 2.23. The number of nitrogens with zero attached hydrogens (tertiary/aromatic N) is 3. The van der Waals surface area contributed by atoms with Crippen molar-refractivity contribution in [2.24, 2.45) is 0 Å². The molecule has 132 valence electrons. The average molecular weight is 361 g/mol. The molecule has 1 aliphatic rings. The van der Waals surface area contributed by atoms with Crippen LogP contribution in [0.2, 0.25) is 0 Å². The Bertz CT molecular complexity index is 860. The first-order chi connectivity index (χ1) is 11.9. The first kappa shape index (κ1) is 17.3.